The first-order valence-corrected chi connectivity index (χ1v) is 21.9. The van der Waals surface area contributed by atoms with Gasteiger partial charge in [-0.15, -0.1) is 0 Å². The second kappa shape index (κ2) is 17.2. The lowest BCUT2D eigenvalue weighted by Crippen LogP contribution is -2.40. The van der Waals surface area contributed by atoms with Crippen LogP contribution in [0.25, 0.3) is 11.1 Å². The smallest absolute Gasteiger partial charge is 0.245 e. The molecule has 2 rings (SSSR count). The van der Waals surface area contributed by atoms with E-state index in [1.807, 2.05) is 0 Å². The van der Waals surface area contributed by atoms with Crippen molar-refractivity contribution < 1.29 is 23.1 Å². The molecular formula is C35H60N2O5Si2. The van der Waals surface area contributed by atoms with Crippen LogP contribution in [0.3, 0.4) is 0 Å². The van der Waals surface area contributed by atoms with E-state index in [9.17, 15) is 4.79 Å². The Bertz CT molecular complexity index is 1160. The highest BCUT2D eigenvalue weighted by molar-refractivity contribution is 6.74. The lowest BCUT2D eigenvalue weighted by atomic mass is 9.96. The van der Waals surface area contributed by atoms with Gasteiger partial charge in [0.25, 0.3) is 0 Å². The van der Waals surface area contributed by atoms with Gasteiger partial charge in [0.05, 0.1) is 33.0 Å². The third-order valence-corrected chi connectivity index (χ3v) is 18.1. The summed E-state index contributed by atoms with van der Waals surface area (Å²) in [6.45, 7) is 26.4. The molecule has 9 heteroatoms. The molecule has 44 heavy (non-hydrogen) atoms. The molecule has 1 amide bonds. The van der Waals surface area contributed by atoms with Crippen LogP contribution in [0.5, 0.6) is 0 Å². The Hall–Kier alpha value is -1.86. The van der Waals surface area contributed by atoms with E-state index in [4.69, 9.17) is 24.1 Å². The van der Waals surface area contributed by atoms with Crippen LogP contribution in [0, 0.1) is 0 Å². The summed E-state index contributed by atoms with van der Waals surface area (Å²) in [7, 11) is -3.70. The number of hydrogen-bond donors (Lipinski definition) is 2. The summed E-state index contributed by atoms with van der Waals surface area (Å²) in [6, 6.07) is 15.4. The maximum absolute atomic E-state index is 12.2. The lowest BCUT2D eigenvalue weighted by molar-refractivity contribution is -0.126. The predicted molar refractivity (Wildman–Crippen MR) is 188 cm³/mol. The summed E-state index contributed by atoms with van der Waals surface area (Å²) >= 11 is 0. The second-order valence-electron chi connectivity index (χ2n) is 14.7. The average molecular weight is 645 g/mol. The first-order valence-electron chi connectivity index (χ1n) is 16.1. The molecule has 0 aliphatic carbocycles. The van der Waals surface area contributed by atoms with Crippen LogP contribution in [0.15, 0.2) is 42.5 Å². The van der Waals surface area contributed by atoms with E-state index in [2.05, 4.69) is 116 Å². The van der Waals surface area contributed by atoms with Gasteiger partial charge in [0.2, 0.25) is 5.91 Å². The molecule has 0 radical (unpaired) electrons. The molecule has 0 aromatic heterocycles. The molecule has 0 atom stereocenters. The minimum Gasteiger partial charge on any atom is -0.413 e. The van der Waals surface area contributed by atoms with Gasteiger partial charge in [-0.1, -0.05) is 84.0 Å². The van der Waals surface area contributed by atoms with Gasteiger partial charge in [-0.05, 0) is 76.9 Å². The van der Waals surface area contributed by atoms with Crippen LogP contribution in [0.1, 0.15) is 64.7 Å². The summed E-state index contributed by atoms with van der Waals surface area (Å²) in [5.41, 5.74) is 11.4. The van der Waals surface area contributed by atoms with Gasteiger partial charge in [-0.2, -0.15) is 0 Å². The number of aryl methyl sites for hydroxylation is 1. The average Bonchev–Trinajstić information content (AvgIpc) is 2.94. The van der Waals surface area contributed by atoms with Crippen molar-refractivity contribution in [3.63, 3.8) is 0 Å². The molecule has 0 fully saturated rings. The van der Waals surface area contributed by atoms with E-state index in [0.717, 1.165) is 12.8 Å². The number of carbonyl (C=O) groups excluding carboxylic acids is 1. The van der Waals surface area contributed by atoms with E-state index in [1.165, 1.54) is 27.8 Å². The van der Waals surface area contributed by atoms with Crippen LogP contribution in [0.4, 0.5) is 0 Å². The summed E-state index contributed by atoms with van der Waals surface area (Å²) < 4.78 is 23.7. The number of hydrogen-bond acceptors (Lipinski definition) is 6. The highest BCUT2D eigenvalue weighted by Gasteiger charge is 2.38. The van der Waals surface area contributed by atoms with Gasteiger partial charge in [0.1, 0.15) is 6.61 Å². The van der Waals surface area contributed by atoms with E-state index in [0.29, 0.717) is 46.1 Å². The fraction of sp³-hybridized carbons (Fsp3) is 0.629. The SMILES string of the molecule is CC(C)(C)[Si](C)(C)OCc1ccc(-c2ccc(CO[Si](C)(C)C(C)(C)C)c(CCCNC(=O)COCCOCCN)c2)cc1. The Morgan fingerprint density at radius 1 is 0.750 bits per heavy atom. The fourth-order valence-corrected chi connectivity index (χ4v) is 5.86. The minimum absolute atomic E-state index is 0.0317. The van der Waals surface area contributed by atoms with Crippen molar-refractivity contribution in [3.05, 3.63) is 59.2 Å². The monoisotopic (exact) mass is 644 g/mol. The van der Waals surface area contributed by atoms with Gasteiger partial charge in [0.15, 0.2) is 16.6 Å². The van der Waals surface area contributed by atoms with Gasteiger partial charge in [-0.25, -0.2) is 0 Å². The van der Waals surface area contributed by atoms with Gasteiger partial charge >= 0.3 is 0 Å². The number of benzene rings is 2. The number of amides is 1. The zero-order valence-corrected chi connectivity index (χ0v) is 31.2. The summed E-state index contributed by atoms with van der Waals surface area (Å²) in [4.78, 5) is 12.2. The van der Waals surface area contributed by atoms with Crippen molar-refractivity contribution >= 4 is 22.5 Å². The molecule has 0 unspecified atom stereocenters. The maximum atomic E-state index is 12.2. The maximum Gasteiger partial charge on any atom is 0.245 e. The van der Waals surface area contributed by atoms with Crippen molar-refractivity contribution in [2.75, 3.05) is 39.5 Å². The van der Waals surface area contributed by atoms with E-state index in [1.54, 1.807) is 0 Å². The molecule has 0 bridgehead atoms. The molecule has 0 saturated heterocycles. The van der Waals surface area contributed by atoms with Crippen LogP contribution in [-0.4, -0.2) is 62.1 Å². The van der Waals surface area contributed by atoms with Gasteiger partial charge in [-0.3, -0.25) is 4.79 Å². The quantitative estimate of drug-likeness (QED) is 0.130. The van der Waals surface area contributed by atoms with Crippen molar-refractivity contribution in [3.8, 4) is 11.1 Å². The molecule has 0 heterocycles. The molecule has 7 nitrogen and oxygen atoms in total. The third kappa shape index (κ3) is 12.5. The van der Waals surface area contributed by atoms with Crippen molar-refractivity contribution in [2.45, 2.75) is 104 Å². The van der Waals surface area contributed by atoms with Crippen molar-refractivity contribution in [2.24, 2.45) is 5.73 Å². The summed E-state index contributed by atoms with van der Waals surface area (Å²) in [5.74, 6) is -0.114. The van der Waals surface area contributed by atoms with Crippen LogP contribution >= 0.6 is 0 Å². The fourth-order valence-electron chi connectivity index (χ4n) is 3.95. The first kappa shape index (κ1) is 38.3. The predicted octanol–water partition coefficient (Wildman–Crippen LogP) is 7.44. The Balaban J connectivity index is 2.08. The van der Waals surface area contributed by atoms with Crippen molar-refractivity contribution in [1.29, 1.82) is 0 Å². The molecular weight excluding hydrogens is 585 g/mol. The second-order valence-corrected chi connectivity index (χ2v) is 24.3. The highest BCUT2D eigenvalue weighted by Crippen LogP contribution is 2.38. The van der Waals surface area contributed by atoms with Crippen LogP contribution < -0.4 is 11.1 Å². The normalized spacial score (nSPS) is 12.9. The molecule has 248 valence electrons. The standard InChI is InChI=1S/C35H60N2O5Si2/c1-34(2,3)43(7,8)41-25-28-13-15-29(16-14-28)31-17-18-32(26-42-44(9,10)35(4,5)6)30(24-31)12-11-20-37-33(38)27-40-23-22-39-21-19-36/h13-18,24H,11-12,19-23,25-27,36H2,1-10H3,(H,37,38). The Labute approximate surface area is 269 Å². The number of rotatable bonds is 18. The largest absolute Gasteiger partial charge is 0.413 e. The van der Waals surface area contributed by atoms with E-state index >= 15 is 0 Å². The van der Waals surface area contributed by atoms with E-state index in [-0.39, 0.29) is 22.6 Å². The Kier molecular flexibility index (Phi) is 15.0. The molecule has 2 aromatic carbocycles. The molecule has 0 aliphatic heterocycles. The zero-order chi connectivity index (χ0) is 33.0. The van der Waals surface area contributed by atoms with Crippen molar-refractivity contribution in [1.82, 2.24) is 5.32 Å². The Morgan fingerprint density at radius 2 is 1.32 bits per heavy atom. The first-order chi connectivity index (χ1) is 20.5. The summed E-state index contributed by atoms with van der Waals surface area (Å²) in [5, 5.41) is 3.31. The number of nitrogens with one attached hydrogen (secondary N) is 1. The molecule has 3 N–H and O–H groups in total. The number of nitrogens with two attached hydrogens (primary N) is 1. The third-order valence-electron chi connectivity index (χ3n) is 9.11. The topological polar surface area (TPSA) is 92.0 Å². The Morgan fingerprint density at radius 3 is 1.91 bits per heavy atom. The zero-order valence-electron chi connectivity index (χ0n) is 29.2. The minimum atomic E-state index is -1.90. The van der Waals surface area contributed by atoms with Crippen LogP contribution in [-0.2, 0) is 42.8 Å². The molecule has 0 saturated carbocycles. The van der Waals surface area contributed by atoms with Crippen LogP contribution in [0.2, 0.25) is 36.3 Å². The molecule has 0 aliphatic rings. The number of carbonyl (C=O) groups is 1. The highest BCUT2D eigenvalue weighted by atomic mass is 28.4. The number of ether oxygens (including phenoxy) is 2. The summed E-state index contributed by atoms with van der Waals surface area (Å²) in [6.07, 6.45) is 1.67. The van der Waals surface area contributed by atoms with E-state index < -0.39 is 16.6 Å². The van der Waals surface area contributed by atoms with Gasteiger partial charge in [0, 0.05) is 13.1 Å². The van der Waals surface area contributed by atoms with Gasteiger partial charge < -0.3 is 29.4 Å². The lowest BCUT2D eigenvalue weighted by Gasteiger charge is -2.36. The molecule has 0 spiro atoms. The molecule has 2 aromatic rings.